The number of carbonyl (C=O) groups is 2. The number of hydrogen-bond donors (Lipinski definition) is 4. The molecule has 1 saturated heterocycles. The zero-order valence-electron chi connectivity index (χ0n) is 10.3. The lowest BCUT2D eigenvalue weighted by Crippen LogP contribution is -2.37. The van der Waals surface area contributed by atoms with Gasteiger partial charge in [-0.3, -0.25) is 4.79 Å². The Bertz CT molecular complexity index is 495. The van der Waals surface area contributed by atoms with Gasteiger partial charge in [-0.05, 0) is 31.5 Å². The van der Waals surface area contributed by atoms with E-state index in [1.54, 1.807) is 0 Å². The molecule has 1 aliphatic heterocycles. The highest BCUT2D eigenvalue weighted by molar-refractivity contribution is 5.95. The number of nitrogens with one attached hydrogen (secondary N) is 2. The molecule has 0 unspecified atom stereocenters. The number of amides is 1. The zero-order valence-corrected chi connectivity index (χ0v) is 10.3. The highest BCUT2D eigenvalue weighted by Crippen LogP contribution is 2.23. The van der Waals surface area contributed by atoms with Crippen LogP contribution in [0.15, 0.2) is 18.2 Å². The fraction of sp³-hybridized carbons (Fsp3) is 0.385. The van der Waals surface area contributed by atoms with Crippen LogP contribution in [-0.4, -0.2) is 35.2 Å². The van der Waals surface area contributed by atoms with Crippen molar-refractivity contribution in [3.8, 4) is 5.75 Å². The molecule has 0 aromatic heterocycles. The van der Waals surface area contributed by atoms with Crippen molar-refractivity contribution in [2.45, 2.75) is 12.8 Å². The molecule has 6 nitrogen and oxygen atoms in total. The van der Waals surface area contributed by atoms with E-state index < -0.39 is 5.97 Å². The summed E-state index contributed by atoms with van der Waals surface area (Å²) in [7, 11) is 0. The first kappa shape index (κ1) is 13.4. The van der Waals surface area contributed by atoms with Crippen molar-refractivity contribution in [1.82, 2.24) is 5.32 Å². The first-order valence-corrected chi connectivity index (χ1v) is 6.16. The molecule has 19 heavy (non-hydrogen) atoms. The monoisotopic (exact) mass is 264 g/mol. The molecule has 1 aliphatic rings. The van der Waals surface area contributed by atoms with Crippen LogP contribution in [0.2, 0.25) is 0 Å². The van der Waals surface area contributed by atoms with Gasteiger partial charge in [0, 0.05) is 18.3 Å². The van der Waals surface area contributed by atoms with Crippen molar-refractivity contribution in [3.63, 3.8) is 0 Å². The molecule has 1 heterocycles. The molecule has 0 bridgehead atoms. The largest absolute Gasteiger partial charge is 0.507 e. The standard InChI is InChI=1S/C13H16N2O4/c16-11-6-9(3-4-10(11)13(18)19)15-12(17)8-2-1-5-14-7-8/h3-4,6,8,14,16H,1-2,5,7H2,(H,15,17)(H,18,19)/t8-/m1/s1. The summed E-state index contributed by atoms with van der Waals surface area (Å²) in [5.74, 6) is -1.76. The maximum absolute atomic E-state index is 11.9. The van der Waals surface area contributed by atoms with Crippen molar-refractivity contribution in [2.24, 2.45) is 5.92 Å². The first-order chi connectivity index (χ1) is 9.08. The molecule has 1 atom stereocenters. The molecule has 6 heteroatoms. The second kappa shape index (κ2) is 5.71. The van der Waals surface area contributed by atoms with Gasteiger partial charge < -0.3 is 20.8 Å². The maximum atomic E-state index is 11.9. The molecule has 0 saturated carbocycles. The Morgan fingerprint density at radius 1 is 1.37 bits per heavy atom. The van der Waals surface area contributed by atoms with E-state index in [2.05, 4.69) is 10.6 Å². The predicted molar refractivity (Wildman–Crippen MR) is 69.3 cm³/mol. The second-order valence-electron chi connectivity index (χ2n) is 4.57. The molecular formula is C13H16N2O4. The number of rotatable bonds is 3. The number of carboxylic acid groups (broad SMARTS) is 1. The molecule has 1 fully saturated rings. The third-order valence-corrected chi connectivity index (χ3v) is 3.16. The molecule has 1 aromatic rings. The van der Waals surface area contributed by atoms with Crippen LogP contribution < -0.4 is 10.6 Å². The minimum Gasteiger partial charge on any atom is -0.507 e. The predicted octanol–water partition coefficient (Wildman–Crippen LogP) is 1.03. The lowest BCUT2D eigenvalue weighted by Gasteiger charge is -2.21. The summed E-state index contributed by atoms with van der Waals surface area (Å²) >= 11 is 0. The summed E-state index contributed by atoms with van der Waals surface area (Å²) < 4.78 is 0. The molecule has 0 radical (unpaired) electrons. The summed E-state index contributed by atoms with van der Waals surface area (Å²) in [5.41, 5.74) is 0.218. The molecule has 1 aromatic carbocycles. The normalized spacial score (nSPS) is 18.8. The summed E-state index contributed by atoms with van der Waals surface area (Å²) in [5, 5.41) is 24.2. The number of piperidine rings is 1. The quantitative estimate of drug-likeness (QED) is 0.653. The van der Waals surface area contributed by atoms with E-state index >= 15 is 0 Å². The van der Waals surface area contributed by atoms with Crippen molar-refractivity contribution in [2.75, 3.05) is 18.4 Å². The van der Waals surface area contributed by atoms with Gasteiger partial charge in [-0.15, -0.1) is 0 Å². The van der Waals surface area contributed by atoms with Crippen molar-refractivity contribution in [1.29, 1.82) is 0 Å². The molecule has 2 rings (SSSR count). The van der Waals surface area contributed by atoms with E-state index in [1.165, 1.54) is 18.2 Å². The molecular weight excluding hydrogens is 248 g/mol. The van der Waals surface area contributed by atoms with E-state index in [0.29, 0.717) is 12.2 Å². The topological polar surface area (TPSA) is 98.7 Å². The lowest BCUT2D eigenvalue weighted by molar-refractivity contribution is -0.120. The smallest absolute Gasteiger partial charge is 0.339 e. The summed E-state index contributed by atoms with van der Waals surface area (Å²) in [6.45, 7) is 1.57. The van der Waals surface area contributed by atoms with Crippen LogP contribution in [-0.2, 0) is 4.79 Å². The first-order valence-electron chi connectivity index (χ1n) is 6.16. The van der Waals surface area contributed by atoms with Crippen LogP contribution in [0.5, 0.6) is 5.75 Å². The Labute approximate surface area is 110 Å². The minimum atomic E-state index is -1.20. The highest BCUT2D eigenvalue weighted by Gasteiger charge is 2.21. The Balaban J connectivity index is 2.04. The van der Waals surface area contributed by atoms with Gasteiger partial charge in [0.25, 0.3) is 0 Å². The highest BCUT2D eigenvalue weighted by atomic mass is 16.4. The number of carbonyl (C=O) groups excluding carboxylic acids is 1. The molecule has 0 spiro atoms. The van der Waals surface area contributed by atoms with Crippen molar-refractivity contribution >= 4 is 17.6 Å². The fourth-order valence-electron chi connectivity index (χ4n) is 2.11. The third kappa shape index (κ3) is 3.23. The van der Waals surface area contributed by atoms with E-state index in [1.807, 2.05) is 0 Å². The Hall–Kier alpha value is -2.08. The SMILES string of the molecule is O=C(O)c1ccc(NC(=O)[C@@H]2CCCNC2)cc1O. The maximum Gasteiger partial charge on any atom is 0.339 e. The van der Waals surface area contributed by atoms with Gasteiger partial charge in [0.1, 0.15) is 11.3 Å². The Morgan fingerprint density at radius 2 is 2.16 bits per heavy atom. The van der Waals surface area contributed by atoms with Gasteiger partial charge in [0.2, 0.25) is 5.91 Å². The van der Waals surface area contributed by atoms with Crippen LogP contribution in [0, 0.1) is 5.92 Å². The number of carboxylic acids is 1. The van der Waals surface area contributed by atoms with Crippen LogP contribution in [0.25, 0.3) is 0 Å². The summed E-state index contributed by atoms with van der Waals surface area (Å²) in [6, 6.07) is 3.99. The van der Waals surface area contributed by atoms with E-state index in [9.17, 15) is 14.7 Å². The van der Waals surface area contributed by atoms with Crippen LogP contribution in [0.3, 0.4) is 0 Å². The molecule has 0 aliphatic carbocycles. The van der Waals surface area contributed by atoms with Crippen molar-refractivity contribution < 1.29 is 19.8 Å². The molecule has 1 amide bonds. The zero-order chi connectivity index (χ0) is 13.8. The number of hydrogen-bond acceptors (Lipinski definition) is 4. The van der Waals surface area contributed by atoms with Gasteiger partial charge >= 0.3 is 5.97 Å². The lowest BCUT2D eigenvalue weighted by atomic mass is 9.99. The van der Waals surface area contributed by atoms with Crippen LogP contribution in [0.1, 0.15) is 23.2 Å². The number of anilines is 1. The van der Waals surface area contributed by atoms with E-state index in [0.717, 1.165) is 19.4 Å². The minimum absolute atomic E-state index is 0.0879. The summed E-state index contributed by atoms with van der Waals surface area (Å²) in [6.07, 6.45) is 1.79. The van der Waals surface area contributed by atoms with E-state index in [-0.39, 0.29) is 23.1 Å². The summed E-state index contributed by atoms with van der Waals surface area (Å²) in [4.78, 5) is 22.7. The number of aromatic carboxylic acids is 1. The van der Waals surface area contributed by atoms with Gasteiger partial charge in [-0.1, -0.05) is 0 Å². The number of phenols is 1. The number of aromatic hydroxyl groups is 1. The van der Waals surface area contributed by atoms with Gasteiger partial charge in [-0.2, -0.15) is 0 Å². The molecule has 102 valence electrons. The second-order valence-corrected chi connectivity index (χ2v) is 4.57. The van der Waals surface area contributed by atoms with E-state index in [4.69, 9.17) is 5.11 Å². The average Bonchev–Trinajstić information content (AvgIpc) is 2.39. The Kier molecular flexibility index (Phi) is 4.01. The Morgan fingerprint density at radius 3 is 2.74 bits per heavy atom. The van der Waals surface area contributed by atoms with Crippen LogP contribution in [0.4, 0.5) is 5.69 Å². The average molecular weight is 264 g/mol. The number of benzene rings is 1. The van der Waals surface area contributed by atoms with Crippen molar-refractivity contribution in [3.05, 3.63) is 23.8 Å². The van der Waals surface area contributed by atoms with Gasteiger partial charge in [0.05, 0.1) is 5.92 Å². The van der Waals surface area contributed by atoms with Gasteiger partial charge in [0.15, 0.2) is 0 Å². The molecule has 4 N–H and O–H groups in total. The fourth-order valence-corrected chi connectivity index (χ4v) is 2.11. The van der Waals surface area contributed by atoms with Gasteiger partial charge in [-0.25, -0.2) is 4.79 Å². The third-order valence-electron chi connectivity index (χ3n) is 3.16. The van der Waals surface area contributed by atoms with Crippen LogP contribution >= 0.6 is 0 Å².